The summed E-state index contributed by atoms with van der Waals surface area (Å²) in [5.74, 6) is -1.01. The van der Waals surface area contributed by atoms with E-state index in [1.165, 1.54) is 6.92 Å². The third kappa shape index (κ3) is 4.13. The monoisotopic (exact) mass is 413 g/mol. The van der Waals surface area contributed by atoms with E-state index in [9.17, 15) is 14.9 Å². The number of para-hydroxylation sites is 1. The Balaban J connectivity index is 1.63. The molecular formula is C25H23N3O3. The molecule has 1 heterocycles. The molecule has 1 atom stereocenters. The zero-order chi connectivity index (χ0) is 22.0. The van der Waals surface area contributed by atoms with Crippen molar-refractivity contribution < 1.29 is 14.3 Å². The highest BCUT2D eigenvalue weighted by Gasteiger charge is 2.27. The van der Waals surface area contributed by atoms with E-state index in [2.05, 4.69) is 5.32 Å². The molecule has 156 valence electrons. The lowest BCUT2D eigenvalue weighted by Crippen LogP contribution is -2.31. The number of hydrogen-bond acceptors (Lipinski definition) is 5. The van der Waals surface area contributed by atoms with Gasteiger partial charge in [-0.2, -0.15) is 5.26 Å². The van der Waals surface area contributed by atoms with Gasteiger partial charge in [0.25, 0.3) is 5.91 Å². The molecule has 0 fully saturated rings. The molecule has 4 rings (SSSR count). The summed E-state index contributed by atoms with van der Waals surface area (Å²) in [6.45, 7) is 3.50. The second-order valence-corrected chi connectivity index (χ2v) is 7.83. The molecule has 0 radical (unpaired) electrons. The number of esters is 1. The van der Waals surface area contributed by atoms with Crippen LogP contribution >= 0.6 is 0 Å². The molecule has 0 saturated carbocycles. The Hall–Kier alpha value is -3.72. The van der Waals surface area contributed by atoms with E-state index in [4.69, 9.17) is 9.72 Å². The molecule has 1 unspecified atom stereocenters. The number of nitriles is 1. The van der Waals surface area contributed by atoms with Crippen molar-refractivity contribution >= 4 is 28.5 Å². The molecule has 1 aliphatic rings. The van der Waals surface area contributed by atoms with Gasteiger partial charge in [0.1, 0.15) is 6.07 Å². The van der Waals surface area contributed by atoms with Gasteiger partial charge in [-0.3, -0.25) is 9.78 Å². The van der Waals surface area contributed by atoms with Gasteiger partial charge in [0.05, 0.1) is 22.3 Å². The van der Waals surface area contributed by atoms with Gasteiger partial charge in [-0.15, -0.1) is 0 Å². The fourth-order valence-corrected chi connectivity index (χ4v) is 3.97. The van der Waals surface area contributed by atoms with Gasteiger partial charge in [-0.05, 0) is 69.4 Å². The van der Waals surface area contributed by atoms with Gasteiger partial charge in [0.2, 0.25) is 0 Å². The van der Waals surface area contributed by atoms with Crippen molar-refractivity contribution in [3.63, 3.8) is 0 Å². The molecular weight excluding hydrogens is 390 g/mol. The predicted octanol–water partition coefficient (Wildman–Crippen LogP) is 4.48. The standard InChI is InChI=1S/C25H23N3O3/c1-15-11-12-22-19(13-15)23(18-8-4-6-10-21(18)27-22)25(30)31-16(2)24(29)28-20-9-5-3-7-17(20)14-26/h3,5,7,9,11-13,16H,4,6,8,10H2,1-2H3,(H,28,29). The second kappa shape index (κ2) is 8.57. The van der Waals surface area contributed by atoms with Crippen LogP contribution in [0, 0.1) is 18.3 Å². The maximum Gasteiger partial charge on any atom is 0.339 e. The fraction of sp³-hybridized carbons (Fsp3) is 0.280. The average Bonchev–Trinajstić information content (AvgIpc) is 2.77. The SMILES string of the molecule is Cc1ccc2nc3c(c(C(=O)OC(C)C(=O)Nc4ccccc4C#N)c2c1)CCCC3. The number of anilines is 1. The molecule has 0 saturated heterocycles. The van der Waals surface area contributed by atoms with Crippen LogP contribution in [0.2, 0.25) is 0 Å². The fourth-order valence-electron chi connectivity index (χ4n) is 3.97. The van der Waals surface area contributed by atoms with Gasteiger partial charge in [-0.25, -0.2) is 4.79 Å². The van der Waals surface area contributed by atoms with Crippen molar-refractivity contribution in [1.82, 2.24) is 4.98 Å². The van der Waals surface area contributed by atoms with E-state index >= 15 is 0 Å². The Morgan fingerprint density at radius 2 is 1.94 bits per heavy atom. The van der Waals surface area contributed by atoms with Crippen molar-refractivity contribution in [2.45, 2.75) is 45.6 Å². The van der Waals surface area contributed by atoms with Crippen molar-refractivity contribution in [3.05, 3.63) is 70.4 Å². The highest BCUT2D eigenvalue weighted by Crippen LogP contribution is 2.30. The molecule has 1 N–H and O–H groups in total. The molecule has 6 heteroatoms. The largest absolute Gasteiger partial charge is 0.449 e. The molecule has 31 heavy (non-hydrogen) atoms. The van der Waals surface area contributed by atoms with Gasteiger partial charge >= 0.3 is 5.97 Å². The Kier molecular flexibility index (Phi) is 5.68. The number of aromatic nitrogens is 1. The Morgan fingerprint density at radius 3 is 2.74 bits per heavy atom. The second-order valence-electron chi connectivity index (χ2n) is 7.83. The van der Waals surface area contributed by atoms with Gasteiger partial charge in [0.15, 0.2) is 6.10 Å². The Bertz CT molecular complexity index is 1230. The zero-order valence-electron chi connectivity index (χ0n) is 17.6. The quantitative estimate of drug-likeness (QED) is 0.637. The number of fused-ring (bicyclic) bond motifs is 2. The third-order valence-corrected chi connectivity index (χ3v) is 5.58. The van der Waals surface area contributed by atoms with Crippen LogP contribution in [0.3, 0.4) is 0 Å². The van der Waals surface area contributed by atoms with Crippen LogP contribution in [0.15, 0.2) is 42.5 Å². The highest BCUT2D eigenvalue weighted by atomic mass is 16.5. The number of carbonyl (C=O) groups is 2. The van der Waals surface area contributed by atoms with E-state index in [1.54, 1.807) is 24.3 Å². The summed E-state index contributed by atoms with van der Waals surface area (Å²) >= 11 is 0. The first-order valence-corrected chi connectivity index (χ1v) is 10.4. The van der Waals surface area contributed by atoms with Crippen molar-refractivity contribution in [1.29, 1.82) is 5.26 Å². The summed E-state index contributed by atoms with van der Waals surface area (Å²) in [6.07, 6.45) is 2.62. The molecule has 2 aromatic carbocycles. The summed E-state index contributed by atoms with van der Waals surface area (Å²) in [6, 6.07) is 14.6. The number of pyridine rings is 1. The summed E-state index contributed by atoms with van der Waals surface area (Å²) in [5.41, 5.74) is 4.91. The molecule has 1 amide bonds. The zero-order valence-corrected chi connectivity index (χ0v) is 17.6. The lowest BCUT2D eigenvalue weighted by atomic mass is 9.89. The molecule has 1 aromatic heterocycles. The van der Waals surface area contributed by atoms with E-state index in [-0.39, 0.29) is 0 Å². The molecule has 0 aliphatic heterocycles. The number of amides is 1. The topological polar surface area (TPSA) is 92.1 Å². The maximum absolute atomic E-state index is 13.2. The number of rotatable bonds is 4. The number of ether oxygens (including phenoxy) is 1. The average molecular weight is 413 g/mol. The normalized spacial score (nSPS) is 13.7. The molecule has 3 aromatic rings. The minimum atomic E-state index is -1.02. The van der Waals surface area contributed by atoms with Crippen LogP contribution < -0.4 is 5.32 Å². The van der Waals surface area contributed by atoms with Crippen molar-refractivity contribution in [2.75, 3.05) is 5.32 Å². The first-order valence-electron chi connectivity index (χ1n) is 10.4. The summed E-state index contributed by atoms with van der Waals surface area (Å²) in [7, 11) is 0. The Labute approximate surface area is 180 Å². The van der Waals surface area contributed by atoms with E-state index in [0.717, 1.165) is 53.4 Å². The highest BCUT2D eigenvalue weighted by molar-refractivity contribution is 6.06. The van der Waals surface area contributed by atoms with Crippen LogP contribution in [0.4, 0.5) is 5.69 Å². The van der Waals surface area contributed by atoms with Crippen LogP contribution in [0.5, 0.6) is 0 Å². The van der Waals surface area contributed by atoms with Crippen LogP contribution in [-0.2, 0) is 22.4 Å². The lowest BCUT2D eigenvalue weighted by molar-refractivity contribution is -0.123. The molecule has 6 nitrogen and oxygen atoms in total. The minimum absolute atomic E-state index is 0.346. The van der Waals surface area contributed by atoms with E-state index < -0.39 is 18.0 Å². The summed E-state index contributed by atoms with van der Waals surface area (Å²) < 4.78 is 5.60. The predicted molar refractivity (Wildman–Crippen MR) is 118 cm³/mol. The number of benzene rings is 2. The number of nitrogens with one attached hydrogen (secondary N) is 1. The van der Waals surface area contributed by atoms with Gasteiger partial charge in [-0.1, -0.05) is 23.8 Å². The van der Waals surface area contributed by atoms with Gasteiger partial charge < -0.3 is 10.1 Å². The smallest absolute Gasteiger partial charge is 0.339 e. The van der Waals surface area contributed by atoms with E-state index in [0.29, 0.717) is 16.8 Å². The van der Waals surface area contributed by atoms with Crippen LogP contribution in [0.1, 0.15) is 52.5 Å². The summed E-state index contributed by atoms with van der Waals surface area (Å²) in [4.78, 5) is 30.7. The third-order valence-electron chi connectivity index (χ3n) is 5.58. The van der Waals surface area contributed by atoms with Crippen LogP contribution in [0.25, 0.3) is 10.9 Å². The number of hydrogen-bond donors (Lipinski definition) is 1. The lowest BCUT2D eigenvalue weighted by Gasteiger charge is -2.21. The number of carbonyl (C=O) groups excluding carboxylic acids is 2. The Morgan fingerprint density at radius 1 is 1.16 bits per heavy atom. The van der Waals surface area contributed by atoms with Gasteiger partial charge in [0, 0.05) is 11.1 Å². The number of aryl methyl sites for hydroxylation is 2. The van der Waals surface area contributed by atoms with E-state index in [1.807, 2.05) is 31.2 Å². The maximum atomic E-state index is 13.2. The molecule has 1 aliphatic carbocycles. The molecule has 0 bridgehead atoms. The number of nitrogens with zero attached hydrogens (tertiary/aromatic N) is 2. The van der Waals surface area contributed by atoms with Crippen molar-refractivity contribution in [2.24, 2.45) is 0 Å². The minimum Gasteiger partial charge on any atom is -0.449 e. The molecule has 0 spiro atoms. The first-order chi connectivity index (χ1) is 15.0. The van der Waals surface area contributed by atoms with Crippen molar-refractivity contribution in [3.8, 4) is 6.07 Å². The van der Waals surface area contributed by atoms with Crippen LogP contribution in [-0.4, -0.2) is 23.0 Å². The summed E-state index contributed by atoms with van der Waals surface area (Å²) in [5, 5.41) is 12.6. The first kappa shape index (κ1) is 20.5.